The first-order valence-electron chi connectivity index (χ1n) is 7.86. The minimum atomic E-state index is 0.0155. The van der Waals surface area contributed by atoms with Crippen LogP contribution in [0.1, 0.15) is 26.2 Å². The van der Waals surface area contributed by atoms with Gasteiger partial charge in [0.1, 0.15) is 11.5 Å². The number of methoxy groups -OCH3 is 2. The largest absolute Gasteiger partial charge is 0.497 e. The van der Waals surface area contributed by atoms with E-state index in [1.54, 1.807) is 26.4 Å². The maximum Gasteiger partial charge on any atom is 0.225 e. The maximum absolute atomic E-state index is 12.1. The van der Waals surface area contributed by atoms with Crippen LogP contribution < -0.4 is 14.8 Å². The van der Waals surface area contributed by atoms with Crippen LogP contribution in [0.15, 0.2) is 18.2 Å². The van der Waals surface area contributed by atoms with Gasteiger partial charge in [-0.3, -0.25) is 4.79 Å². The summed E-state index contributed by atoms with van der Waals surface area (Å²) in [5.74, 6) is 2.07. The van der Waals surface area contributed by atoms with E-state index in [0.717, 1.165) is 25.6 Å². The summed E-state index contributed by atoms with van der Waals surface area (Å²) < 4.78 is 10.4. The monoisotopic (exact) mass is 306 g/mol. The lowest BCUT2D eigenvalue weighted by Gasteiger charge is -2.30. The molecule has 1 fully saturated rings. The summed E-state index contributed by atoms with van der Waals surface area (Å²) in [6.45, 7) is 5.28. The van der Waals surface area contributed by atoms with Gasteiger partial charge in [-0.25, -0.2) is 0 Å². The summed E-state index contributed by atoms with van der Waals surface area (Å²) >= 11 is 0. The van der Waals surface area contributed by atoms with Crippen molar-refractivity contribution in [2.24, 2.45) is 5.92 Å². The third kappa shape index (κ3) is 4.63. The summed E-state index contributed by atoms with van der Waals surface area (Å²) in [6.07, 6.45) is 3.03. The zero-order valence-corrected chi connectivity index (χ0v) is 13.7. The average molecular weight is 306 g/mol. The molecule has 1 aromatic carbocycles. The van der Waals surface area contributed by atoms with Crippen LogP contribution in [0.25, 0.3) is 0 Å². The van der Waals surface area contributed by atoms with Crippen molar-refractivity contribution in [1.29, 1.82) is 0 Å². The number of amides is 1. The quantitative estimate of drug-likeness (QED) is 0.878. The summed E-state index contributed by atoms with van der Waals surface area (Å²) in [4.78, 5) is 14.5. The predicted octanol–water partition coefficient (Wildman–Crippen LogP) is 2.76. The number of piperidine rings is 1. The van der Waals surface area contributed by atoms with E-state index in [9.17, 15) is 4.79 Å². The molecule has 0 bridgehead atoms. The van der Waals surface area contributed by atoms with Crippen molar-refractivity contribution in [3.8, 4) is 11.5 Å². The molecule has 1 aromatic rings. The van der Waals surface area contributed by atoms with Crippen molar-refractivity contribution in [2.45, 2.75) is 26.2 Å². The van der Waals surface area contributed by atoms with E-state index in [2.05, 4.69) is 17.1 Å². The molecule has 1 aliphatic heterocycles. The van der Waals surface area contributed by atoms with Crippen LogP contribution in [0.2, 0.25) is 0 Å². The second kappa shape index (κ2) is 8.03. The van der Waals surface area contributed by atoms with Gasteiger partial charge in [-0.05, 0) is 37.4 Å². The van der Waals surface area contributed by atoms with E-state index in [4.69, 9.17) is 9.47 Å². The lowest BCUT2D eigenvalue weighted by atomic mass is 10.0. The molecular weight excluding hydrogens is 280 g/mol. The SMILES string of the molecule is COc1ccc(NC(=O)CCN2CCC[C@@H](C)C2)c(OC)c1. The van der Waals surface area contributed by atoms with Crippen molar-refractivity contribution in [2.75, 3.05) is 39.2 Å². The molecule has 2 rings (SSSR count). The van der Waals surface area contributed by atoms with Gasteiger partial charge >= 0.3 is 0 Å². The molecule has 122 valence electrons. The second-order valence-corrected chi connectivity index (χ2v) is 5.91. The average Bonchev–Trinajstić information content (AvgIpc) is 2.53. The fourth-order valence-electron chi connectivity index (χ4n) is 2.86. The molecule has 1 amide bonds. The Labute approximate surface area is 132 Å². The fourth-order valence-corrected chi connectivity index (χ4v) is 2.86. The number of hydrogen-bond donors (Lipinski definition) is 1. The van der Waals surface area contributed by atoms with Crippen molar-refractivity contribution >= 4 is 11.6 Å². The van der Waals surface area contributed by atoms with Crippen LogP contribution in [0, 0.1) is 5.92 Å². The highest BCUT2D eigenvalue weighted by atomic mass is 16.5. The number of anilines is 1. The molecule has 0 spiro atoms. The van der Waals surface area contributed by atoms with Gasteiger partial charge in [0, 0.05) is 25.6 Å². The van der Waals surface area contributed by atoms with E-state index < -0.39 is 0 Å². The number of benzene rings is 1. The summed E-state index contributed by atoms with van der Waals surface area (Å²) in [5.41, 5.74) is 0.681. The normalized spacial score (nSPS) is 18.8. The highest BCUT2D eigenvalue weighted by Crippen LogP contribution is 2.29. The molecule has 0 aliphatic carbocycles. The zero-order valence-electron chi connectivity index (χ0n) is 13.7. The van der Waals surface area contributed by atoms with Gasteiger partial charge in [0.25, 0.3) is 0 Å². The van der Waals surface area contributed by atoms with Crippen LogP contribution in [0.4, 0.5) is 5.69 Å². The highest BCUT2D eigenvalue weighted by molar-refractivity contribution is 5.92. The Hall–Kier alpha value is -1.75. The van der Waals surface area contributed by atoms with Gasteiger partial charge < -0.3 is 19.7 Å². The van der Waals surface area contributed by atoms with Crippen molar-refractivity contribution in [3.05, 3.63) is 18.2 Å². The number of nitrogens with zero attached hydrogens (tertiary/aromatic N) is 1. The number of carbonyl (C=O) groups is 1. The number of rotatable bonds is 6. The Kier molecular flexibility index (Phi) is 6.07. The number of hydrogen-bond acceptors (Lipinski definition) is 4. The molecule has 5 nitrogen and oxygen atoms in total. The third-order valence-corrected chi connectivity index (χ3v) is 4.08. The molecule has 1 heterocycles. The number of likely N-dealkylation sites (tertiary alicyclic amines) is 1. The van der Waals surface area contributed by atoms with Crippen LogP contribution in [-0.4, -0.2) is 44.7 Å². The van der Waals surface area contributed by atoms with Gasteiger partial charge in [0.2, 0.25) is 5.91 Å². The van der Waals surface area contributed by atoms with Crippen LogP contribution in [0.3, 0.4) is 0 Å². The maximum atomic E-state index is 12.1. The molecule has 1 N–H and O–H groups in total. The Morgan fingerprint density at radius 3 is 2.86 bits per heavy atom. The first kappa shape index (κ1) is 16.6. The van der Waals surface area contributed by atoms with Crippen LogP contribution >= 0.6 is 0 Å². The molecule has 0 aromatic heterocycles. The third-order valence-electron chi connectivity index (χ3n) is 4.08. The minimum Gasteiger partial charge on any atom is -0.497 e. The van der Waals surface area contributed by atoms with Crippen LogP contribution in [-0.2, 0) is 4.79 Å². The number of nitrogens with one attached hydrogen (secondary N) is 1. The van der Waals surface area contributed by atoms with Crippen molar-refractivity contribution < 1.29 is 14.3 Å². The van der Waals surface area contributed by atoms with Gasteiger partial charge in [-0.1, -0.05) is 6.92 Å². The standard InChI is InChI=1S/C17H26N2O3/c1-13-5-4-9-19(12-13)10-8-17(20)18-15-7-6-14(21-2)11-16(15)22-3/h6-7,11,13H,4-5,8-10,12H2,1-3H3,(H,18,20)/t13-/m1/s1. The lowest BCUT2D eigenvalue weighted by Crippen LogP contribution is -2.36. The molecule has 1 aliphatic rings. The lowest BCUT2D eigenvalue weighted by molar-refractivity contribution is -0.116. The second-order valence-electron chi connectivity index (χ2n) is 5.91. The van der Waals surface area contributed by atoms with E-state index >= 15 is 0 Å². The van der Waals surface area contributed by atoms with E-state index in [1.165, 1.54) is 12.8 Å². The molecule has 1 atom stereocenters. The summed E-state index contributed by atoms with van der Waals surface area (Å²) in [6, 6.07) is 5.38. The van der Waals surface area contributed by atoms with E-state index in [1.807, 2.05) is 6.07 Å². The van der Waals surface area contributed by atoms with Crippen molar-refractivity contribution in [1.82, 2.24) is 4.90 Å². The highest BCUT2D eigenvalue weighted by Gasteiger charge is 2.17. The van der Waals surface area contributed by atoms with Crippen molar-refractivity contribution in [3.63, 3.8) is 0 Å². The molecule has 0 saturated carbocycles. The summed E-state index contributed by atoms with van der Waals surface area (Å²) in [7, 11) is 3.19. The van der Waals surface area contributed by atoms with Crippen LogP contribution in [0.5, 0.6) is 11.5 Å². The number of ether oxygens (including phenoxy) is 2. The first-order valence-corrected chi connectivity index (χ1v) is 7.86. The number of carbonyl (C=O) groups excluding carboxylic acids is 1. The molecule has 0 unspecified atom stereocenters. The van der Waals surface area contributed by atoms with E-state index in [0.29, 0.717) is 23.6 Å². The molecule has 22 heavy (non-hydrogen) atoms. The predicted molar refractivity (Wildman–Crippen MR) is 87.6 cm³/mol. The van der Waals surface area contributed by atoms with Gasteiger partial charge in [-0.15, -0.1) is 0 Å². The van der Waals surface area contributed by atoms with E-state index in [-0.39, 0.29) is 5.91 Å². The van der Waals surface area contributed by atoms with Gasteiger partial charge in [0.05, 0.1) is 19.9 Å². The Morgan fingerprint density at radius 2 is 2.18 bits per heavy atom. The molecule has 1 saturated heterocycles. The van der Waals surface area contributed by atoms with Gasteiger partial charge in [0.15, 0.2) is 0 Å². The van der Waals surface area contributed by atoms with Gasteiger partial charge in [-0.2, -0.15) is 0 Å². The summed E-state index contributed by atoms with van der Waals surface area (Å²) in [5, 5.41) is 2.92. The fraction of sp³-hybridized carbons (Fsp3) is 0.588. The Bertz CT molecular complexity index is 505. The smallest absolute Gasteiger partial charge is 0.225 e. The molecular formula is C17H26N2O3. The molecule has 0 radical (unpaired) electrons. The minimum absolute atomic E-state index is 0.0155. The first-order chi connectivity index (χ1) is 10.6. The Morgan fingerprint density at radius 1 is 1.36 bits per heavy atom. The molecule has 5 heteroatoms. The topological polar surface area (TPSA) is 50.8 Å². The zero-order chi connectivity index (χ0) is 15.9. The Balaban J connectivity index is 1.86.